The molecule has 18 heavy (non-hydrogen) atoms. The standard InChI is InChI=1S/C15H15NOS/c1-9-7-12(10(2)17-9)15(16)13-8-18-14-6-4-3-5-11(13)14/h3-8,15H,16H2,1-2H3. The Labute approximate surface area is 110 Å². The van der Waals surface area contributed by atoms with Gasteiger partial charge in [0.25, 0.3) is 0 Å². The first-order chi connectivity index (χ1) is 8.66. The Balaban J connectivity index is 2.12. The van der Waals surface area contributed by atoms with E-state index in [-0.39, 0.29) is 6.04 Å². The van der Waals surface area contributed by atoms with Crippen LogP contribution in [0.1, 0.15) is 28.7 Å². The zero-order chi connectivity index (χ0) is 12.7. The van der Waals surface area contributed by atoms with Crippen LogP contribution in [0.4, 0.5) is 0 Å². The molecule has 0 fully saturated rings. The number of nitrogens with two attached hydrogens (primary N) is 1. The van der Waals surface area contributed by atoms with Crippen LogP contribution >= 0.6 is 11.3 Å². The topological polar surface area (TPSA) is 39.2 Å². The summed E-state index contributed by atoms with van der Waals surface area (Å²) < 4.78 is 6.85. The largest absolute Gasteiger partial charge is 0.466 e. The smallest absolute Gasteiger partial charge is 0.106 e. The fourth-order valence-corrected chi connectivity index (χ4v) is 3.36. The summed E-state index contributed by atoms with van der Waals surface area (Å²) in [5, 5.41) is 3.39. The van der Waals surface area contributed by atoms with E-state index in [1.54, 1.807) is 11.3 Å². The van der Waals surface area contributed by atoms with E-state index >= 15 is 0 Å². The molecule has 2 N–H and O–H groups in total. The Bertz CT molecular complexity index is 695. The quantitative estimate of drug-likeness (QED) is 0.748. The van der Waals surface area contributed by atoms with Crippen molar-refractivity contribution < 1.29 is 4.42 Å². The molecule has 3 rings (SSSR count). The molecular formula is C15H15NOS. The predicted octanol–water partition coefficient (Wildman–Crippen LogP) is 4.16. The van der Waals surface area contributed by atoms with Crippen molar-refractivity contribution in [3.63, 3.8) is 0 Å². The summed E-state index contributed by atoms with van der Waals surface area (Å²) in [6, 6.07) is 10.3. The first-order valence-electron chi connectivity index (χ1n) is 5.95. The van der Waals surface area contributed by atoms with Gasteiger partial charge in [-0.1, -0.05) is 18.2 Å². The van der Waals surface area contributed by atoms with Gasteiger partial charge in [0.1, 0.15) is 11.5 Å². The molecule has 2 heterocycles. The highest BCUT2D eigenvalue weighted by Gasteiger charge is 2.18. The van der Waals surface area contributed by atoms with Crippen molar-refractivity contribution in [2.75, 3.05) is 0 Å². The van der Waals surface area contributed by atoms with E-state index in [9.17, 15) is 0 Å². The van der Waals surface area contributed by atoms with Gasteiger partial charge in [-0.2, -0.15) is 0 Å². The van der Waals surface area contributed by atoms with Gasteiger partial charge in [-0.25, -0.2) is 0 Å². The molecule has 3 aromatic rings. The van der Waals surface area contributed by atoms with Crippen LogP contribution in [0.25, 0.3) is 10.1 Å². The highest BCUT2D eigenvalue weighted by Crippen LogP contribution is 2.34. The SMILES string of the molecule is Cc1cc(C(N)c2csc3ccccc23)c(C)o1. The molecule has 3 heteroatoms. The van der Waals surface area contributed by atoms with E-state index in [1.807, 2.05) is 19.9 Å². The summed E-state index contributed by atoms with van der Waals surface area (Å²) >= 11 is 1.74. The molecule has 0 radical (unpaired) electrons. The number of furan rings is 1. The van der Waals surface area contributed by atoms with Crippen LogP contribution in [-0.2, 0) is 0 Å². The minimum absolute atomic E-state index is 0.112. The minimum atomic E-state index is -0.112. The third-order valence-electron chi connectivity index (χ3n) is 3.26. The number of benzene rings is 1. The summed E-state index contributed by atoms with van der Waals surface area (Å²) in [4.78, 5) is 0. The number of hydrogen-bond donors (Lipinski definition) is 1. The molecule has 2 aromatic heterocycles. The summed E-state index contributed by atoms with van der Waals surface area (Å²) in [6.45, 7) is 3.92. The summed E-state index contributed by atoms with van der Waals surface area (Å²) in [5.41, 5.74) is 8.65. The van der Waals surface area contributed by atoms with Gasteiger partial charge in [0.05, 0.1) is 6.04 Å². The maximum atomic E-state index is 6.39. The molecular weight excluding hydrogens is 242 g/mol. The van der Waals surface area contributed by atoms with E-state index in [2.05, 4.69) is 29.6 Å². The van der Waals surface area contributed by atoms with E-state index in [4.69, 9.17) is 10.2 Å². The van der Waals surface area contributed by atoms with Gasteiger partial charge in [-0.05, 0) is 42.3 Å². The number of hydrogen-bond acceptors (Lipinski definition) is 3. The molecule has 0 aliphatic rings. The highest BCUT2D eigenvalue weighted by atomic mass is 32.1. The lowest BCUT2D eigenvalue weighted by Crippen LogP contribution is -2.11. The fourth-order valence-electron chi connectivity index (χ4n) is 2.37. The second-order valence-corrected chi connectivity index (χ2v) is 5.44. The zero-order valence-electron chi connectivity index (χ0n) is 10.4. The maximum Gasteiger partial charge on any atom is 0.106 e. The molecule has 0 spiro atoms. The van der Waals surface area contributed by atoms with Crippen molar-refractivity contribution in [2.24, 2.45) is 5.73 Å². The normalized spacial score (nSPS) is 13.1. The third kappa shape index (κ3) is 1.76. The van der Waals surface area contributed by atoms with Crippen LogP contribution in [0.5, 0.6) is 0 Å². The fraction of sp³-hybridized carbons (Fsp3) is 0.200. The van der Waals surface area contributed by atoms with Crippen LogP contribution in [-0.4, -0.2) is 0 Å². The maximum absolute atomic E-state index is 6.39. The monoisotopic (exact) mass is 257 g/mol. The Morgan fingerprint density at radius 1 is 1.17 bits per heavy atom. The summed E-state index contributed by atoms with van der Waals surface area (Å²) in [5.74, 6) is 1.83. The molecule has 0 aliphatic heterocycles. The Hall–Kier alpha value is -1.58. The first-order valence-corrected chi connectivity index (χ1v) is 6.83. The first kappa shape index (κ1) is 11.5. The van der Waals surface area contributed by atoms with Crippen LogP contribution in [0.3, 0.4) is 0 Å². The van der Waals surface area contributed by atoms with Gasteiger partial charge in [0, 0.05) is 10.3 Å². The second-order valence-electron chi connectivity index (χ2n) is 4.53. The molecule has 0 bridgehead atoms. The van der Waals surface area contributed by atoms with Crippen molar-refractivity contribution >= 4 is 21.4 Å². The van der Waals surface area contributed by atoms with E-state index in [0.717, 1.165) is 17.1 Å². The van der Waals surface area contributed by atoms with Crippen molar-refractivity contribution in [3.8, 4) is 0 Å². The Morgan fingerprint density at radius 3 is 2.67 bits per heavy atom. The van der Waals surface area contributed by atoms with Gasteiger partial charge >= 0.3 is 0 Å². The minimum Gasteiger partial charge on any atom is -0.466 e. The molecule has 1 atom stereocenters. The lowest BCUT2D eigenvalue weighted by molar-refractivity contribution is 0.500. The molecule has 0 saturated carbocycles. The third-order valence-corrected chi connectivity index (χ3v) is 4.24. The van der Waals surface area contributed by atoms with Crippen LogP contribution < -0.4 is 5.73 Å². The number of aryl methyl sites for hydroxylation is 2. The number of thiophene rings is 1. The van der Waals surface area contributed by atoms with Gasteiger partial charge in [-0.3, -0.25) is 0 Å². The van der Waals surface area contributed by atoms with E-state index < -0.39 is 0 Å². The van der Waals surface area contributed by atoms with E-state index in [1.165, 1.54) is 15.6 Å². The summed E-state index contributed by atoms with van der Waals surface area (Å²) in [7, 11) is 0. The van der Waals surface area contributed by atoms with Crippen molar-refractivity contribution in [3.05, 3.63) is 58.4 Å². The molecule has 0 aliphatic carbocycles. The molecule has 0 amide bonds. The molecule has 1 unspecified atom stereocenters. The van der Waals surface area contributed by atoms with Crippen molar-refractivity contribution in [1.29, 1.82) is 0 Å². The Morgan fingerprint density at radius 2 is 1.94 bits per heavy atom. The van der Waals surface area contributed by atoms with E-state index in [0.29, 0.717) is 0 Å². The molecule has 1 aromatic carbocycles. The van der Waals surface area contributed by atoms with Crippen LogP contribution in [0.15, 0.2) is 40.1 Å². The van der Waals surface area contributed by atoms with Gasteiger partial charge < -0.3 is 10.2 Å². The molecule has 92 valence electrons. The lowest BCUT2D eigenvalue weighted by Gasteiger charge is -2.09. The Kier molecular flexibility index (Phi) is 2.73. The lowest BCUT2D eigenvalue weighted by atomic mass is 9.99. The van der Waals surface area contributed by atoms with Crippen molar-refractivity contribution in [2.45, 2.75) is 19.9 Å². The average Bonchev–Trinajstić information content (AvgIpc) is 2.92. The second kappa shape index (κ2) is 4.26. The molecule has 2 nitrogen and oxygen atoms in total. The van der Waals surface area contributed by atoms with Gasteiger partial charge in [0.15, 0.2) is 0 Å². The summed E-state index contributed by atoms with van der Waals surface area (Å²) in [6.07, 6.45) is 0. The highest BCUT2D eigenvalue weighted by molar-refractivity contribution is 7.17. The molecule has 0 saturated heterocycles. The van der Waals surface area contributed by atoms with Gasteiger partial charge in [0.2, 0.25) is 0 Å². The van der Waals surface area contributed by atoms with Crippen LogP contribution in [0.2, 0.25) is 0 Å². The van der Waals surface area contributed by atoms with Crippen LogP contribution in [0, 0.1) is 13.8 Å². The zero-order valence-corrected chi connectivity index (χ0v) is 11.3. The number of fused-ring (bicyclic) bond motifs is 1. The van der Waals surface area contributed by atoms with Gasteiger partial charge in [-0.15, -0.1) is 11.3 Å². The van der Waals surface area contributed by atoms with Crippen molar-refractivity contribution in [1.82, 2.24) is 0 Å². The average molecular weight is 257 g/mol. The number of rotatable bonds is 2. The predicted molar refractivity (Wildman–Crippen MR) is 76.0 cm³/mol.